The summed E-state index contributed by atoms with van der Waals surface area (Å²) in [6, 6.07) is 1.63. The van der Waals surface area contributed by atoms with E-state index in [0.29, 0.717) is 12.2 Å². The van der Waals surface area contributed by atoms with Gasteiger partial charge in [-0.2, -0.15) is 5.10 Å². The van der Waals surface area contributed by atoms with Crippen molar-refractivity contribution in [1.82, 2.24) is 9.78 Å². The number of aromatic nitrogens is 2. The average molecular weight is 259 g/mol. The molecule has 1 aliphatic heterocycles. The van der Waals surface area contributed by atoms with Gasteiger partial charge < -0.3 is 4.74 Å². The first-order valence-corrected chi connectivity index (χ1v) is 7.32. The monoisotopic (exact) mass is 259 g/mol. The minimum absolute atomic E-state index is 0.0776. The van der Waals surface area contributed by atoms with E-state index in [1.54, 1.807) is 24.0 Å². The van der Waals surface area contributed by atoms with Gasteiger partial charge in [0.1, 0.15) is 0 Å². The highest BCUT2D eigenvalue weighted by atomic mass is 32.2. The molecule has 1 fully saturated rings. The molecule has 1 saturated heterocycles. The summed E-state index contributed by atoms with van der Waals surface area (Å²) in [5, 5.41) is 3.97. The Kier molecular flexibility index (Phi) is 3.68. The van der Waals surface area contributed by atoms with Gasteiger partial charge in [-0.1, -0.05) is 0 Å². The lowest BCUT2D eigenvalue weighted by Crippen LogP contribution is -2.20. The van der Waals surface area contributed by atoms with Crippen LogP contribution in [0.15, 0.2) is 12.3 Å². The fourth-order valence-corrected chi connectivity index (χ4v) is 2.94. The Morgan fingerprint density at radius 1 is 1.65 bits per heavy atom. The summed E-state index contributed by atoms with van der Waals surface area (Å²) in [6.45, 7) is 0.748. The third-order valence-electron chi connectivity index (χ3n) is 2.71. The lowest BCUT2D eigenvalue weighted by Gasteiger charge is -2.09. The summed E-state index contributed by atoms with van der Waals surface area (Å²) in [6.07, 6.45) is 4.31. The summed E-state index contributed by atoms with van der Waals surface area (Å²) >= 11 is 0. The highest BCUT2D eigenvalue weighted by Gasteiger charge is 2.19. The predicted octanol–water partition coefficient (Wildman–Crippen LogP) is 0.731. The molecule has 0 radical (unpaired) electrons. The van der Waals surface area contributed by atoms with Gasteiger partial charge in [0.2, 0.25) is 10.0 Å². The van der Waals surface area contributed by atoms with Crippen LogP contribution in [0, 0.1) is 0 Å². The highest BCUT2D eigenvalue weighted by molar-refractivity contribution is 7.92. The maximum Gasteiger partial charge on any atom is 0.234 e. The summed E-state index contributed by atoms with van der Waals surface area (Å²) in [4.78, 5) is 0. The Morgan fingerprint density at radius 3 is 3.06 bits per heavy atom. The molecule has 1 unspecified atom stereocenters. The third-order valence-corrected chi connectivity index (χ3v) is 4.00. The molecule has 1 N–H and O–H groups in total. The Balaban J connectivity index is 1.85. The molecule has 96 valence electrons. The third kappa shape index (κ3) is 3.71. The van der Waals surface area contributed by atoms with Crippen LogP contribution in [-0.2, 0) is 21.8 Å². The van der Waals surface area contributed by atoms with Crippen molar-refractivity contribution >= 4 is 15.8 Å². The smallest absolute Gasteiger partial charge is 0.234 e. The van der Waals surface area contributed by atoms with Gasteiger partial charge in [-0.05, 0) is 19.3 Å². The van der Waals surface area contributed by atoms with Crippen LogP contribution in [0.2, 0.25) is 0 Å². The van der Waals surface area contributed by atoms with E-state index in [1.165, 1.54) is 0 Å². The van der Waals surface area contributed by atoms with Gasteiger partial charge in [0, 0.05) is 25.9 Å². The zero-order valence-corrected chi connectivity index (χ0v) is 10.6. The zero-order valence-electron chi connectivity index (χ0n) is 9.80. The number of nitrogens with zero attached hydrogens (tertiary/aromatic N) is 2. The molecule has 1 aliphatic rings. The molecule has 17 heavy (non-hydrogen) atoms. The number of nitrogens with one attached hydrogen (secondary N) is 1. The van der Waals surface area contributed by atoms with E-state index < -0.39 is 10.0 Å². The molecule has 0 amide bonds. The Labute approximate surface area is 101 Å². The lowest BCUT2D eigenvalue weighted by molar-refractivity contribution is 0.109. The van der Waals surface area contributed by atoms with Crippen molar-refractivity contribution in [3.05, 3.63) is 12.3 Å². The van der Waals surface area contributed by atoms with E-state index in [4.69, 9.17) is 4.74 Å². The first-order chi connectivity index (χ1) is 8.05. The maximum absolute atomic E-state index is 11.8. The molecule has 0 aliphatic carbocycles. The Hall–Kier alpha value is -1.08. The average Bonchev–Trinajstić information content (AvgIpc) is 2.86. The van der Waals surface area contributed by atoms with Gasteiger partial charge in [0.25, 0.3) is 0 Å². The lowest BCUT2D eigenvalue weighted by atomic mass is 10.2. The Bertz CT molecular complexity index is 463. The van der Waals surface area contributed by atoms with Gasteiger partial charge in [-0.15, -0.1) is 0 Å². The molecule has 1 atom stereocenters. The van der Waals surface area contributed by atoms with E-state index in [-0.39, 0.29) is 11.9 Å². The summed E-state index contributed by atoms with van der Waals surface area (Å²) in [5.41, 5.74) is 0. The predicted molar refractivity (Wildman–Crippen MR) is 64.2 cm³/mol. The normalized spacial score (nSPS) is 20.6. The highest BCUT2D eigenvalue weighted by Crippen LogP contribution is 2.16. The quantitative estimate of drug-likeness (QED) is 0.846. The van der Waals surface area contributed by atoms with Crippen molar-refractivity contribution in [1.29, 1.82) is 0 Å². The van der Waals surface area contributed by atoms with Crippen LogP contribution < -0.4 is 4.72 Å². The van der Waals surface area contributed by atoms with Crippen LogP contribution >= 0.6 is 0 Å². The van der Waals surface area contributed by atoms with E-state index >= 15 is 0 Å². The van der Waals surface area contributed by atoms with Gasteiger partial charge in [0.15, 0.2) is 5.82 Å². The van der Waals surface area contributed by atoms with Gasteiger partial charge >= 0.3 is 0 Å². The first-order valence-electron chi connectivity index (χ1n) is 5.67. The maximum atomic E-state index is 11.8. The first kappa shape index (κ1) is 12.4. The molecule has 7 heteroatoms. The summed E-state index contributed by atoms with van der Waals surface area (Å²) in [7, 11) is -1.57. The van der Waals surface area contributed by atoms with Crippen molar-refractivity contribution in [2.75, 3.05) is 17.1 Å². The zero-order chi connectivity index (χ0) is 12.3. The van der Waals surface area contributed by atoms with E-state index in [2.05, 4.69) is 9.82 Å². The number of rotatable bonds is 5. The van der Waals surface area contributed by atoms with E-state index in [0.717, 1.165) is 19.4 Å². The molecule has 0 saturated carbocycles. The Morgan fingerprint density at radius 2 is 2.47 bits per heavy atom. The fourth-order valence-electron chi connectivity index (χ4n) is 1.84. The van der Waals surface area contributed by atoms with Gasteiger partial charge in [-0.25, -0.2) is 8.42 Å². The van der Waals surface area contributed by atoms with E-state index in [9.17, 15) is 8.42 Å². The van der Waals surface area contributed by atoms with Crippen molar-refractivity contribution < 1.29 is 13.2 Å². The second-order valence-corrected chi connectivity index (χ2v) is 6.06. The number of hydrogen-bond donors (Lipinski definition) is 1. The van der Waals surface area contributed by atoms with Crippen LogP contribution in [-0.4, -0.2) is 36.7 Å². The molecule has 2 heterocycles. The van der Waals surface area contributed by atoms with Crippen molar-refractivity contribution in [2.24, 2.45) is 7.05 Å². The fraction of sp³-hybridized carbons (Fsp3) is 0.700. The van der Waals surface area contributed by atoms with Crippen LogP contribution in [0.3, 0.4) is 0 Å². The summed E-state index contributed by atoms with van der Waals surface area (Å²) in [5.74, 6) is 0.439. The van der Waals surface area contributed by atoms with Crippen LogP contribution in [0.1, 0.15) is 19.3 Å². The molecule has 1 aromatic heterocycles. The van der Waals surface area contributed by atoms with Crippen molar-refractivity contribution in [3.63, 3.8) is 0 Å². The molecular weight excluding hydrogens is 242 g/mol. The van der Waals surface area contributed by atoms with Crippen LogP contribution in [0.25, 0.3) is 0 Å². The number of sulfonamides is 1. The number of hydrogen-bond acceptors (Lipinski definition) is 4. The summed E-state index contributed by atoms with van der Waals surface area (Å²) < 4.78 is 32.9. The second-order valence-electron chi connectivity index (χ2n) is 4.22. The molecule has 0 aromatic carbocycles. The van der Waals surface area contributed by atoms with Crippen LogP contribution in [0.4, 0.5) is 5.82 Å². The molecular formula is C10H17N3O3S. The standard InChI is InChI=1S/C10H17N3O3S/c1-13-6-4-10(11-13)12-17(14,15)8-5-9-3-2-7-16-9/h4,6,9H,2-3,5,7-8H2,1H3,(H,11,12). The minimum atomic E-state index is -3.31. The minimum Gasteiger partial charge on any atom is -0.378 e. The van der Waals surface area contributed by atoms with Crippen molar-refractivity contribution in [2.45, 2.75) is 25.4 Å². The molecule has 1 aromatic rings. The second kappa shape index (κ2) is 5.05. The number of anilines is 1. The largest absolute Gasteiger partial charge is 0.378 e. The van der Waals surface area contributed by atoms with Gasteiger partial charge in [0.05, 0.1) is 11.9 Å². The number of ether oxygens (including phenoxy) is 1. The topological polar surface area (TPSA) is 73.2 Å². The van der Waals surface area contributed by atoms with Crippen molar-refractivity contribution in [3.8, 4) is 0 Å². The number of aryl methyl sites for hydroxylation is 1. The van der Waals surface area contributed by atoms with Gasteiger partial charge in [-0.3, -0.25) is 9.40 Å². The molecule has 2 rings (SSSR count). The molecule has 0 spiro atoms. The molecule has 6 nitrogen and oxygen atoms in total. The van der Waals surface area contributed by atoms with E-state index in [1.807, 2.05) is 0 Å². The molecule has 0 bridgehead atoms. The SMILES string of the molecule is Cn1ccc(NS(=O)(=O)CCC2CCCO2)n1. The van der Waals surface area contributed by atoms with Crippen LogP contribution in [0.5, 0.6) is 0 Å².